The highest BCUT2D eigenvalue weighted by Gasteiger charge is 2.22. The molecule has 1 aliphatic heterocycles. The Morgan fingerprint density at radius 2 is 2.25 bits per heavy atom. The van der Waals surface area contributed by atoms with Gasteiger partial charge in [0, 0.05) is 13.1 Å². The first kappa shape index (κ1) is 11.4. The van der Waals surface area contributed by atoms with E-state index in [9.17, 15) is 0 Å². The third-order valence-electron chi connectivity index (χ3n) is 2.89. The average molecular weight is 221 g/mol. The minimum atomic E-state index is 0.0777. The monoisotopic (exact) mass is 221 g/mol. The van der Waals surface area contributed by atoms with Crippen molar-refractivity contribution in [1.29, 1.82) is 0 Å². The number of hydrogen-bond acceptors (Lipinski definition) is 3. The molecule has 1 saturated heterocycles. The zero-order valence-corrected chi connectivity index (χ0v) is 9.90. The fourth-order valence-corrected chi connectivity index (χ4v) is 1.85. The van der Waals surface area contributed by atoms with Crippen LogP contribution in [-0.2, 0) is 4.74 Å². The number of aryl methyl sites for hydroxylation is 1. The zero-order chi connectivity index (χ0) is 11.4. The van der Waals surface area contributed by atoms with E-state index in [4.69, 9.17) is 9.47 Å². The number of para-hydroxylation sites is 1. The molecule has 88 valence electrons. The molecule has 0 aromatic heterocycles. The third kappa shape index (κ3) is 2.74. The molecule has 2 rings (SSSR count). The van der Waals surface area contributed by atoms with Crippen molar-refractivity contribution in [2.45, 2.75) is 26.1 Å². The van der Waals surface area contributed by atoms with Gasteiger partial charge in [-0.3, -0.25) is 0 Å². The zero-order valence-electron chi connectivity index (χ0n) is 9.90. The lowest BCUT2D eigenvalue weighted by molar-refractivity contribution is -0.0352. The lowest BCUT2D eigenvalue weighted by Crippen LogP contribution is -2.46. The van der Waals surface area contributed by atoms with Gasteiger partial charge in [-0.1, -0.05) is 18.2 Å². The van der Waals surface area contributed by atoms with E-state index >= 15 is 0 Å². The quantitative estimate of drug-likeness (QED) is 0.843. The molecule has 1 aromatic carbocycles. The molecule has 0 saturated carbocycles. The Hall–Kier alpha value is -1.06. The smallest absolute Gasteiger partial charge is 0.123 e. The Labute approximate surface area is 96.8 Å². The maximum atomic E-state index is 5.92. The van der Waals surface area contributed by atoms with Crippen LogP contribution in [0.15, 0.2) is 24.3 Å². The van der Waals surface area contributed by atoms with E-state index < -0.39 is 0 Å². The lowest BCUT2D eigenvalue weighted by atomic mass is 10.2. The van der Waals surface area contributed by atoms with E-state index in [1.165, 1.54) is 0 Å². The summed E-state index contributed by atoms with van der Waals surface area (Å²) in [6, 6.07) is 8.07. The molecule has 2 unspecified atom stereocenters. The molecule has 0 bridgehead atoms. The summed E-state index contributed by atoms with van der Waals surface area (Å²) in [7, 11) is 0. The Balaban J connectivity index is 1.96. The minimum absolute atomic E-state index is 0.0777. The van der Waals surface area contributed by atoms with Crippen molar-refractivity contribution in [2.75, 3.05) is 19.7 Å². The molecule has 2 atom stereocenters. The summed E-state index contributed by atoms with van der Waals surface area (Å²) in [5, 5.41) is 3.31. The van der Waals surface area contributed by atoms with Crippen molar-refractivity contribution in [2.24, 2.45) is 0 Å². The van der Waals surface area contributed by atoms with Gasteiger partial charge in [-0.2, -0.15) is 0 Å². The van der Waals surface area contributed by atoms with Crippen LogP contribution in [0.4, 0.5) is 0 Å². The van der Waals surface area contributed by atoms with Crippen LogP contribution in [-0.4, -0.2) is 31.9 Å². The standard InChI is InChI=1S/C13H19NO2/c1-10-5-3-4-6-12(10)16-11(2)13-9-14-7-8-15-13/h3-6,11,13-14H,7-9H2,1-2H3. The minimum Gasteiger partial charge on any atom is -0.488 e. The molecule has 0 aliphatic carbocycles. The van der Waals surface area contributed by atoms with Gasteiger partial charge in [-0.15, -0.1) is 0 Å². The van der Waals surface area contributed by atoms with E-state index in [2.05, 4.69) is 25.2 Å². The summed E-state index contributed by atoms with van der Waals surface area (Å²) in [4.78, 5) is 0. The highest BCUT2D eigenvalue weighted by Crippen LogP contribution is 2.19. The van der Waals surface area contributed by atoms with Gasteiger partial charge in [-0.25, -0.2) is 0 Å². The maximum Gasteiger partial charge on any atom is 0.123 e. The van der Waals surface area contributed by atoms with E-state index in [1.807, 2.05) is 18.2 Å². The first-order valence-electron chi connectivity index (χ1n) is 5.82. The second-order valence-corrected chi connectivity index (χ2v) is 4.20. The van der Waals surface area contributed by atoms with Crippen LogP contribution in [0, 0.1) is 6.92 Å². The molecule has 0 spiro atoms. The molecular weight excluding hydrogens is 202 g/mol. The van der Waals surface area contributed by atoms with Gasteiger partial charge in [0.05, 0.1) is 6.61 Å². The van der Waals surface area contributed by atoms with Gasteiger partial charge in [0.25, 0.3) is 0 Å². The van der Waals surface area contributed by atoms with Gasteiger partial charge in [0.15, 0.2) is 0 Å². The first-order chi connectivity index (χ1) is 7.77. The summed E-state index contributed by atoms with van der Waals surface area (Å²) in [6.45, 7) is 6.69. The van der Waals surface area contributed by atoms with Crippen molar-refractivity contribution < 1.29 is 9.47 Å². The van der Waals surface area contributed by atoms with E-state index in [0.29, 0.717) is 0 Å². The van der Waals surface area contributed by atoms with Gasteiger partial charge in [0.1, 0.15) is 18.0 Å². The molecule has 1 heterocycles. The number of morpholine rings is 1. The fraction of sp³-hybridized carbons (Fsp3) is 0.538. The van der Waals surface area contributed by atoms with Crippen LogP contribution >= 0.6 is 0 Å². The van der Waals surface area contributed by atoms with E-state index in [-0.39, 0.29) is 12.2 Å². The molecule has 1 aromatic rings. The molecule has 16 heavy (non-hydrogen) atoms. The second kappa shape index (κ2) is 5.32. The van der Waals surface area contributed by atoms with Crippen LogP contribution in [0.1, 0.15) is 12.5 Å². The molecule has 1 N–H and O–H groups in total. The predicted octanol–water partition coefficient (Wildman–Crippen LogP) is 1.75. The Morgan fingerprint density at radius 1 is 1.44 bits per heavy atom. The topological polar surface area (TPSA) is 30.5 Å². The average Bonchev–Trinajstić information content (AvgIpc) is 2.33. The summed E-state index contributed by atoms with van der Waals surface area (Å²) in [5.74, 6) is 0.948. The van der Waals surface area contributed by atoms with Crippen molar-refractivity contribution >= 4 is 0 Å². The van der Waals surface area contributed by atoms with Gasteiger partial charge < -0.3 is 14.8 Å². The second-order valence-electron chi connectivity index (χ2n) is 4.20. The third-order valence-corrected chi connectivity index (χ3v) is 2.89. The Kier molecular flexibility index (Phi) is 3.80. The normalized spacial score (nSPS) is 22.8. The van der Waals surface area contributed by atoms with Crippen molar-refractivity contribution in [3.63, 3.8) is 0 Å². The lowest BCUT2D eigenvalue weighted by Gasteiger charge is -2.29. The highest BCUT2D eigenvalue weighted by molar-refractivity contribution is 5.31. The summed E-state index contributed by atoms with van der Waals surface area (Å²) in [6.07, 6.45) is 0.224. The number of nitrogens with one attached hydrogen (secondary N) is 1. The summed E-state index contributed by atoms with van der Waals surface area (Å²) >= 11 is 0. The van der Waals surface area contributed by atoms with Crippen LogP contribution in [0.5, 0.6) is 5.75 Å². The van der Waals surface area contributed by atoms with Crippen LogP contribution in [0.2, 0.25) is 0 Å². The first-order valence-corrected chi connectivity index (χ1v) is 5.82. The molecule has 1 aliphatic rings. The van der Waals surface area contributed by atoms with E-state index in [1.54, 1.807) is 0 Å². The predicted molar refractivity (Wildman–Crippen MR) is 63.9 cm³/mol. The molecule has 1 fully saturated rings. The Morgan fingerprint density at radius 3 is 2.94 bits per heavy atom. The van der Waals surface area contributed by atoms with Gasteiger partial charge >= 0.3 is 0 Å². The molecule has 0 radical (unpaired) electrons. The van der Waals surface area contributed by atoms with Gasteiger partial charge in [0.2, 0.25) is 0 Å². The Bertz CT molecular complexity index is 334. The van der Waals surface area contributed by atoms with Crippen LogP contribution in [0.25, 0.3) is 0 Å². The number of benzene rings is 1. The number of hydrogen-bond donors (Lipinski definition) is 1. The van der Waals surface area contributed by atoms with Gasteiger partial charge in [-0.05, 0) is 25.5 Å². The molecule has 3 nitrogen and oxygen atoms in total. The number of rotatable bonds is 3. The maximum absolute atomic E-state index is 5.92. The molecule has 3 heteroatoms. The summed E-state index contributed by atoms with van der Waals surface area (Å²) < 4.78 is 11.6. The molecule has 0 amide bonds. The van der Waals surface area contributed by atoms with Crippen LogP contribution < -0.4 is 10.1 Å². The fourth-order valence-electron chi connectivity index (χ4n) is 1.85. The molecular formula is C13H19NO2. The SMILES string of the molecule is Cc1ccccc1OC(C)C1CNCCO1. The van der Waals surface area contributed by atoms with Crippen molar-refractivity contribution in [3.05, 3.63) is 29.8 Å². The van der Waals surface area contributed by atoms with Crippen molar-refractivity contribution in [3.8, 4) is 5.75 Å². The highest BCUT2D eigenvalue weighted by atomic mass is 16.5. The number of ether oxygens (including phenoxy) is 2. The van der Waals surface area contributed by atoms with Crippen LogP contribution in [0.3, 0.4) is 0 Å². The van der Waals surface area contributed by atoms with E-state index in [0.717, 1.165) is 31.0 Å². The summed E-state index contributed by atoms with van der Waals surface area (Å²) in [5.41, 5.74) is 1.16. The largest absolute Gasteiger partial charge is 0.488 e. The van der Waals surface area contributed by atoms with Crippen molar-refractivity contribution in [1.82, 2.24) is 5.32 Å².